The molecule has 15 heavy (non-hydrogen) atoms. The number of aliphatic hydroxyl groups is 2. The normalized spacial score (nSPS) is 13.0. The van der Waals surface area contributed by atoms with Gasteiger partial charge in [-0.2, -0.15) is 0 Å². The fourth-order valence-corrected chi connectivity index (χ4v) is 1.88. The predicted octanol–water partition coefficient (Wildman–Crippen LogP) is 3.12. The van der Waals surface area contributed by atoms with E-state index in [1.165, 1.54) is 44.9 Å². The lowest BCUT2D eigenvalue weighted by molar-refractivity contribution is 0.278. The molecule has 0 aliphatic carbocycles. The molecule has 0 radical (unpaired) electrons. The molecule has 1 atom stereocenters. The van der Waals surface area contributed by atoms with E-state index < -0.39 is 0 Å². The van der Waals surface area contributed by atoms with Crippen molar-refractivity contribution in [1.82, 2.24) is 0 Å². The van der Waals surface area contributed by atoms with E-state index in [2.05, 4.69) is 6.92 Å². The summed E-state index contributed by atoms with van der Waals surface area (Å²) >= 11 is 0. The molecule has 0 aromatic rings. The van der Waals surface area contributed by atoms with Gasteiger partial charge in [0.05, 0.1) is 0 Å². The number of rotatable bonds is 11. The van der Waals surface area contributed by atoms with Crippen LogP contribution in [0.4, 0.5) is 0 Å². The lowest BCUT2D eigenvalue weighted by Crippen LogP contribution is -1.96. The molecule has 0 aromatic heterocycles. The second-order valence-electron chi connectivity index (χ2n) is 4.60. The molecule has 0 aromatic carbocycles. The van der Waals surface area contributed by atoms with E-state index in [1.54, 1.807) is 0 Å². The zero-order chi connectivity index (χ0) is 11.4. The summed E-state index contributed by atoms with van der Waals surface area (Å²) in [5.74, 6) is 0.831. The number of hydrogen-bond acceptors (Lipinski definition) is 2. The van der Waals surface area contributed by atoms with Crippen LogP contribution in [0.5, 0.6) is 0 Å². The summed E-state index contributed by atoms with van der Waals surface area (Å²) < 4.78 is 0. The van der Waals surface area contributed by atoms with Crippen LogP contribution in [0.1, 0.15) is 64.7 Å². The molecule has 0 spiro atoms. The van der Waals surface area contributed by atoms with Gasteiger partial charge in [-0.15, -0.1) is 0 Å². The first-order valence-corrected chi connectivity index (χ1v) is 6.53. The Hall–Kier alpha value is -0.0800. The van der Waals surface area contributed by atoms with Crippen LogP contribution in [0.15, 0.2) is 0 Å². The summed E-state index contributed by atoms with van der Waals surface area (Å²) in [5.41, 5.74) is 0. The molecule has 0 heterocycles. The van der Waals surface area contributed by atoms with Crippen molar-refractivity contribution in [2.24, 2.45) is 5.92 Å². The Morgan fingerprint density at radius 3 is 1.53 bits per heavy atom. The highest BCUT2D eigenvalue weighted by Gasteiger charge is 2.01. The fraction of sp³-hybridized carbons (Fsp3) is 1.00. The van der Waals surface area contributed by atoms with E-state index in [1.807, 2.05) is 0 Å². The Morgan fingerprint density at radius 1 is 0.667 bits per heavy atom. The number of hydrogen-bond donors (Lipinski definition) is 2. The van der Waals surface area contributed by atoms with Gasteiger partial charge in [0.25, 0.3) is 0 Å². The summed E-state index contributed by atoms with van der Waals surface area (Å²) in [7, 11) is 0. The zero-order valence-corrected chi connectivity index (χ0v) is 10.2. The maximum absolute atomic E-state index is 8.63. The van der Waals surface area contributed by atoms with Crippen LogP contribution < -0.4 is 0 Å². The van der Waals surface area contributed by atoms with E-state index in [0.29, 0.717) is 13.2 Å². The second kappa shape index (κ2) is 12.0. The van der Waals surface area contributed by atoms with Gasteiger partial charge < -0.3 is 10.2 Å². The summed E-state index contributed by atoms with van der Waals surface area (Å²) in [4.78, 5) is 0. The quantitative estimate of drug-likeness (QED) is 0.521. The van der Waals surface area contributed by atoms with Crippen LogP contribution in [0.25, 0.3) is 0 Å². The summed E-state index contributed by atoms with van der Waals surface area (Å²) in [6.45, 7) is 3.01. The standard InChI is InChI=1S/C13H28O2/c1-13(10-6-4-8-12-15)9-5-2-3-7-11-14/h13-15H,2-12H2,1H3. The zero-order valence-electron chi connectivity index (χ0n) is 10.2. The van der Waals surface area contributed by atoms with Gasteiger partial charge in [-0.1, -0.05) is 51.9 Å². The molecular formula is C13H28O2. The number of aliphatic hydroxyl groups excluding tert-OH is 2. The highest BCUT2D eigenvalue weighted by atomic mass is 16.3. The van der Waals surface area contributed by atoms with Crippen LogP contribution in [0.2, 0.25) is 0 Å². The van der Waals surface area contributed by atoms with E-state index in [-0.39, 0.29) is 0 Å². The topological polar surface area (TPSA) is 40.5 Å². The molecular weight excluding hydrogens is 188 g/mol. The average Bonchev–Trinajstić information content (AvgIpc) is 2.24. The Balaban J connectivity index is 3.08. The van der Waals surface area contributed by atoms with Gasteiger partial charge in [-0.3, -0.25) is 0 Å². The van der Waals surface area contributed by atoms with Gasteiger partial charge in [0.2, 0.25) is 0 Å². The molecule has 0 fully saturated rings. The van der Waals surface area contributed by atoms with Crippen molar-refractivity contribution in [3.8, 4) is 0 Å². The molecule has 0 saturated heterocycles. The van der Waals surface area contributed by atoms with Crippen LogP contribution in [-0.4, -0.2) is 23.4 Å². The maximum atomic E-state index is 8.63. The monoisotopic (exact) mass is 216 g/mol. The largest absolute Gasteiger partial charge is 0.396 e. The fourth-order valence-electron chi connectivity index (χ4n) is 1.88. The van der Waals surface area contributed by atoms with Crippen LogP contribution >= 0.6 is 0 Å². The highest BCUT2D eigenvalue weighted by molar-refractivity contribution is 4.55. The van der Waals surface area contributed by atoms with Gasteiger partial charge in [-0.25, -0.2) is 0 Å². The van der Waals surface area contributed by atoms with E-state index in [9.17, 15) is 0 Å². The smallest absolute Gasteiger partial charge is 0.0431 e. The Bertz CT molecular complexity index is 115. The third kappa shape index (κ3) is 11.8. The molecule has 0 saturated carbocycles. The highest BCUT2D eigenvalue weighted by Crippen LogP contribution is 2.16. The minimum Gasteiger partial charge on any atom is -0.396 e. The molecule has 92 valence electrons. The van der Waals surface area contributed by atoms with Crippen LogP contribution in [-0.2, 0) is 0 Å². The van der Waals surface area contributed by atoms with Gasteiger partial charge >= 0.3 is 0 Å². The molecule has 0 amide bonds. The average molecular weight is 216 g/mol. The summed E-state index contributed by atoms with van der Waals surface area (Å²) in [6, 6.07) is 0. The first-order chi connectivity index (χ1) is 7.31. The Morgan fingerprint density at radius 2 is 1.07 bits per heavy atom. The van der Waals surface area contributed by atoms with Crippen LogP contribution in [0, 0.1) is 5.92 Å². The molecule has 2 heteroatoms. The van der Waals surface area contributed by atoms with Crippen molar-refractivity contribution >= 4 is 0 Å². The first kappa shape index (κ1) is 14.9. The minimum atomic E-state index is 0.343. The molecule has 0 rings (SSSR count). The van der Waals surface area contributed by atoms with E-state index in [0.717, 1.165) is 18.8 Å². The van der Waals surface area contributed by atoms with E-state index >= 15 is 0 Å². The van der Waals surface area contributed by atoms with Crippen molar-refractivity contribution in [3.63, 3.8) is 0 Å². The third-order valence-electron chi connectivity index (χ3n) is 2.96. The SMILES string of the molecule is CC(CCCCCO)CCCCCCO. The van der Waals surface area contributed by atoms with Gasteiger partial charge in [0.15, 0.2) is 0 Å². The van der Waals surface area contributed by atoms with Crippen molar-refractivity contribution in [3.05, 3.63) is 0 Å². The van der Waals surface area contributed by atoms with Crippen molar-refractivity contribution < 1.29 is 10.2 Å². The first-order valence-electron chi connectivity index (χ1n) is 6.53. The number of unbranched alkanes of at least 4 members (excludes halogenated alkanes) is 5. The third-order valence-corrected chi connectivity index (χ3v) is 2.96. The van der Waals surface area contributed by atoms with Gasteiger partial charge in [0.1, 0.15) is 0 Å². The van der Waals surface area contributed by atoms with Gasteiger partial charge in [-0.05, 0) is 18.8 Å². The molecule has 2 N–H and O–H groups in total. The van der Waals surface area contributed by atoms with Crippen molar-refractivity contribution in [2.45, 2.75) is 64.7 Å². The second-order valence-corrected chi connectivity index (χ2v) is 4.60. The summed E-state index contributed by atoms with van der Waals surface area (Å²) in [5, 5.41) is 17.3. The predicted molar refractivity (Wildman–Crippen MR) is 64.9 cm³/mol. The summed E-state index contributed by atoms with van der Waals surface area (Å²) in [6.07, 6.45) is 10.7. The minimum absolute atomic E-state index is 0.343. The molecule has 0 aliphatic heterocycles. The lowest BCUT2D eigenvalue weighted by Gasteiger charge is -2.10. The van der Waals surface area contributed by atoms with Crippen molar-refractivity contribution in [1.29, 1.82) is 0 Å². The van der Waals surface area contributed by atoms with Crippen molar-refractivity contribution in [2.75, 3.05) is 13.2 Å². The van der Waals surface area contributed by atoms with E-state index in [4.69, 9.17) is 10.2 Å². The molecule has 2 nitrogen and oxygen atoms in total. The Kier molecular flexibility index (Phi) is 11.9. The Labute approximate surface area is 94.7 Å². The molecule has 0 aliphatic rings. The molecule has 0 bridgehead atoms. The molecule has 1 unspecified atom stereocenters. The maximum Gasteiger partial charge on any atom is 0.0431 e. The lowest BCUT2D eigenvalue weighted by atomic mass is 9.97. The van der Waals surface area contributed by atoms with Crippen LogP contribution in [0.3, 0.4) is 0 Å². The van der Waals surface area contributed by atoms with Gasteiger partial charge in [0, 0.05) is 13.2 Å².